The molecule has 0 amide bonds. The second kappa shape index (κ2) is 8.33. The number of hydrogen-bond donors (Lipinski definition) is 1. The second-order valence-corrected chi connectivity index (χ2v) is 9.09. The van der Waals surface area contributed by atoms with E-state index < -0.39 is 15.8 Å². The maximum absolute atomic E-state index is 14.1. The SMILES string of the molecule is CN(C)CCSc1ccc(NS(=O)(=O)c2ccc(Br)cc2)cc1F. The lowest BCUT2D eigenvalue weighted by molar-refractivity contribution is 0.437. The summed E-state index contributed by atoms with van der Waals surface area (Å²) in [6.07, 6.45) is 0. The van der Waals surface area contributed by atoms with Crippen molar-refractivity contribution in [3.8, 4) is 0 Å². The highest BCUT2D eigenvalue weighted by Gasteiger charge is 2.15. The van der Waals surface area contributed by atoms with Crippen LogP contribution in [0.25, 0.3) is 0 Å². The zero-order valence-corrected chi connectivity index (χ0v) is 16.5. The molecule has 0 aliphatic carbocycles. The summed E-state index contributed by atoms with van der Waals surface area (Å²) in [5, 5.41) is 0. The van der Waals surface area contributed by atoms with Crippen LogP contribution in [0.15, 0.2) is 56.7 Å². The number of nitrogens with zero attached hydrogens (tertiary/aromatic N) is 1. The van der Waals surface area contributed by atoms with Gasteiger partial charge in [-0.1, -0.05) is 15.9 Å². The molecule has 0 heterocycles. The summed E-state index contributed by atoms with van der Waals surface area (Å²) < 4.78 is 41.9. The largest absolute Gasteiger partial charge is 0.309 e. The summed E-state index contributed by atoms with van der Waals surface area (Å²) in [6, 6.07) is 10.6. The van der Waals surface area contributed by atoms with Crippen LogP contribution < -0.4 is 4.72 Å². The molecule has 0 radical (unpaired) electrons. The van der Waals surface area contributed by atoms with Gasteiger partial charge in [-0.05, 0) is 56.6 Å². The normalized spacial score (nSPS) is 11.7. The Balaban J connectivity index is 2.10. The maximum atomic E-state index is 14.1. The Morgan fingerprint density at radius 3 is 2.42 bits per heavy atom. The smallest absolute Gasteiger partial charge is 0.261 e. The van der Waals surface area contributed by atoms with E-state index in [0.717, 1.165) is 16.8 Å². The molecule has 0 unspecified atom stereocenters. The van der Waals surface area contributed by atoms with Crippen LogP contribution >= 0.6 is 27.7 Å². The van der Waals surface area contributed by atoms with Gasteiger partial charge in [0.25, 0.3) is 10.0 Å². The van der Waals surface area contributed by atoms with E-state index in [9.17, 15) is 12.8 Å². The van der Waals surface area contributed by atoms with Crippen molar-refractivity contribution in [2.75, 3.05) is 31.1 Å². The maximum Gasteiger partial charge on any atom is 0.261 e. The summed E-state index contributed by atoms with van der Waals surface area (Å²) >= 11 is 4.66. The standard InChI is InChI=1S/C16H18BrFN2O2S2/c1-20(2)9-10-23-16-8-5-13(11-15(16)18)19-24(21,22)14-6-3-12(17)4-7-14/h3-8,11,19H,9-10H2,1-2H3. The fourth-order valence-electron chi connectivity index (χ4n) is 1.85. The predicted octanol–water partition coefficient (Wildman–Crippen LogP) is 4.04. The molecule has 0 aromatic heterocycles. The second-order valence-electron chi connectivity index (χ2n) is 5.36. The van der Waals surface area contributed by atoms with E-state index in [2.05, 4.69) is 20.7 Å². The number of benzene rings is 2. The van der Waals surface area contributed by atoms with E-state index in [1.165, 1.54) is 30.0 Å². The topological polar surface area (TPSA) is 49.4 Å². The van der Waals surface area contributed by atoms with Crippen LogP contribution in [0, 0.1) is 5.82 Å². The van der Waals surface area contributed by atoms with Gasteiger partial charge in [-0.2, -0.15) is 0 Å². The van der Waals surface area contributed by atoms with Crippen molar-refractivity contribution in [3.63, 3.8) is 0 Å². The zero-order chi connectivity index (χ0) is 17.7. The molecular formula is C16H18BrFN2O2S2. The lowest BCUT2D eigenvalue weighted by Gasteiger charge is -2.11. The van der Waals surface area contributed by atoms with Crippen molar-refractivity contribution < 1.29 is 12.8 Å². The zero-order valence-electron chi connectivity index (χ0n) is 13.3. The molecular weight excluding hydrogens is 415 g/mol. The fraction of sp³-hybridized carbons (Fsp3) is 0.250. The van der Waals surface area contributed by atoms with E-state index in [-0.39, 0.29) is 10.6 Å². The van der Waals surface area contributed by atoms with Gasteiger partial charge in [0.15, 0.2) is 0 Å². The van der Waals surface area contributed by atoms with Crippen molar-refractivity contribution in [1.29, 1.82) is 0 Å². The third-order valence-corrected chi connectivity index (χ3v) is 6.06. The van der Waals surface area contributed by atoms with Crippen molar-refractivity contribution in [1.82, 2.24) is 4.90 Å². The van der Waals surface area contributed by atoms with Crippen molar-refractivity contribution in [2.24, 2.45) is 0 Å². The Bertz CT molecular complexity index is 796. The van der Waals surface area contributed by atoms with Gasteiger partial charge < -0.3 is 4.90 Å². The number of thioether (sulfide) groups is 1. The summed E-state index contributed by atoms with van der Waals surface area (Å²) in [5.74, 6) is 0.322. The molecule has 2 aromatic rings. The van der Waals surface area contributed by atoms with Crippen LogP contribution in [0.1, 0.15) is 0 Å². The van der Waals surface area contributed by atoms with Gasteiger partial charge in [0.1, 0.15) is 5.82 Å². The van der Waals surface area contributed by atoms with E-state index in [0.29, 0.717) is 4.90 Å². The summed E-state index contributed by atoms with van der Waals surface area (Å²) in [7, 11) is 0.172. The number of halogens is 2. The minimum Gasteiger partial charge on any atom is -0.309 e. The Morgan fingerprint density at radius 1 is 1.17 bits per heavy atom. The van der Waals surface area contributed by atoms with Crippen LogP contribution in [0.2, 0.25) is 0 Å². The molecule has 0 aliphatic heterocycles. The Labute approximate surface area is 154 Å². The average molecular weight is 433 g/mol. The first-order valence-electron chi connectivity index (χ1n) is 7.13. The molecule has 4 nitrogen and oxygen atoms in total. The molecule has 130 valence electrons. The number of sulfonamides is 1. The third-order valence-electron chi connectivity index (χ3n) is 3.10. The van der Waals surface area contributed by atoms with Gasteiger partial charge in [0.05, 0.1) is 10.6 Å². The lowest BCUT2D eigenvalue weighted by Crippen LogP contribution is -2.15. The minimum absolute atomic E-state index is 0.121. The van der Waals surface area contributed by atoms with Gasteiger partial charge in [-0.25, -0.2) is 12.8 Å². The molecule has 0 saturated heterocycles. The number of rotatable bonds is 7. The molecule has 8 heteroatoms. The molecule has 2 aromatic carbocycles. The van der Waals surface area contributed by atoms with Crippen LogP contribution in [-0.4, -0.2) is 39.7 Å². The van der Waals surface area contributed by atoms with Gasteiger partial charge in [0.2, 0.25) is 0 Å². The van der Waals surface area contributed by atoms with Crippen LogP contribution in [0.4, 0.5) is 10.1 Å². The summed E-state index contributed by atoms with van der Waals surface area (Å²) in [4.78, 5) is 2.64. The number of hydrogen-bond acceptors (Lipinski definition) is 4. The van der Waals surface area contributed by atoms with E-state index in [4.69, 9.17) is 0 Å². The monoisotopic (exact) mass is 432 g/mol. The molecule has 0 spiro atoms. The molecule has 0 fully saturated rings. The Kier molecular flexibility index (Phi) is 6.68. The highest BCUT2D eigenvalue weighted by Crippen LogP contribution is 2.26. The molecule has 2 rings (SSSR count). The van der Waals surface area contributed by atoms with Crippen molar-refractivity contribution in [3.05, 3.63) is 52.8 Å². The number of anilines is 1. The summed E-state index contributed by atoms with van der Waals surface area (Å²) in [5.41, 5.74) is 0.201. The first kappa shape index (κ1) is 19.2. The molecule has 0 aliphatic rings. The highest BCUT2D eigenvalue weighted by atomic mass is 79.9. The van der Waals surface area contributed by atoms with Crippen molar-refractivity contribution >= 4 is 43.4 Å². The molecule has 24 heavy (non-hydrogen) atoms. The van der Waals surface area contributed by atoms with Gasteiger partial charge in [-0.15, -0.1) is 11.8 Å². The first-order valence-corrected chi connectivity index (χ1v) is 10.4. The van der Waals surface area contributed by atoms with E-state index in [1.54, 1.807) is 24.3 Å². The minimum atomic E-state index is -3.74. The van der Waals surface area contributed by atoms with Gasteiger partial charge >= 0.3 is 0 Å². The van der Waals surface area contributed by atoms with Gasteiger partial charge in [-0.3, -0.25) is 4.72 Å². The molecule has 0 saturated carbocycles. The van der Waals surface area contributed by atoms with E-state index in [1.807, 2.05) is 19.0 Å². The fourth-order valence-corrected chi connectivity index (χ4v) is 4.20. The third kappa shape index (κ3) is 5.47. The van der Waals surface area contributed by atoms with Crippen LogP contribution in [0.5, 0.6) is 0 Å². The summed E-state index contributed by atoms with van der Waals surface area (Å²) in [6.45, 7) is 0.835. The number of nitrogens with one attached hydrogen (secondary N) is 1. The Morgan fingerprint density at radius 2 is 1.83 bits per heavy atom. The van der Waals surface area contributed by atoms with Crippen LogP contribution in [-0.2, 0) is 10.0 Å². The Hall–Kier alpha value is -1.09. The average Bonchev–Trinajstić information content (AvgIpc) is 2.49. The quantitative estimate of drug-likeness (QED) is 0.670. The van der Waals surface area contributed by atoms with E-state index >= 15 is 0 Å². The molecule has 1 N–H and O–H groups in total. The van der Waals surface area contributed by atoms with Crippen molar-refractivity contribution in [2.45, 2.75) is 9.79 Å². The predicted molar refractivity (Wildman–Crippen MR) is 101 cm³/mol. The van der Waals surface area contributed by atoms with Crippen LogP contribution in [0.3, 0.4) is 0 Å². The highest BCUT2D eigenvalue weighted by molar-refractivity contribution is 9.10. The lowest BCUT2D eigenvalue weighted by atomic mass is 10.3. The molecule has 0 atom stereocenters. The molecule has 0 bridgehead atoms. The van der Waals surface area contributed by atoms with Gasteiger partial charge in [0, 0.05) is 21.7 Å². The first-order chi connectivity index (χ1) is 11.3.